The van der Waals surface area contributed by atoms with Gasteiger partial charge in [-0.25, -0.2) is 4.98 Å². The molecule has 1 N–H and O–H groups in total. The summed E-state index contributed by atoms with van der Waals surface area (Å²) in [6.45, 7) is 0. The van der Waals surface area contributed by atoms with Crippen LogP contribution in [0.15, 0.2) is 41.0 Å². The lowest BCUT2D eigenvalue weighted by Gasteiger charge is -2.10. The van der Waals surface area contributed by atoms with Crippen LogP contribution in [0.3, 0.4) is 0 Å². The van der Waals surface area contributed by atoms with Gasteiger partial charge in [0.25, 0.3) is 5.91 Å². The van der Waals surface area contributed by atoms with Crippen molar-refractivity contribution >= 4 is 39.3 Å². The maximum absolute atomic E-state index is 12.2. The SMILES string of the molecule is COc1ccc(Cl)cc1C(=O)Nc1ncccc1Br. The van der Waals surface area contributed by atoms with Crippen molar-refractivity contribution in [3.63, 3.8) is 0 Å². The molecule has 1 amide bonds. The summed E-state index contributed by atoms with van der Waals surface area (Å²) in [5.74, 6) is 0.558. The summed E-state index contributed by atoms with van der Waals surface area (Å²) < 4.78 is 5.84. The number of amides is 1. The Morgan fingerprint density at radius 3 is 2.89 bits per heavy atom. The molecule has 1 heterocycles. The van der Waals surface area contributed by atoms with Crippen molar-refractivity contribution < 1.29 is 9.53 Å². The molecule has 98 valence electrons. The van der Waals surface area contributed by atoms with E-state index in [9.17, 15) is 4.79 Å². The molecule has 1 aromatic heterocycles. The lowest BCUT2D eigenvalue weighted by atomic mass is 10.2. The molecular weight excluding hydrogens is 332 g/mol. The van der Waals surface area contributed by atoms with Gasteiger partial charge in [-0.2, -0.15) is 0 Å². The average molecular weight is 342 g/mol. The van der Waals surface area contributed by atoms with Gasteiger partial charge < -0.3 is 10.1 Å². The summed E-state index contributed by atoms with van der Waals surface area (Å²) in [6, 6.07) is 8.41. The molecule has 4 nitrogen and oxygen atoms in total. The standard InChI is InChI=1S/C13H10BrClN2O2/c1-19-11-5-4-8(15)7-9(11)13(18)17-12-10(14)3-2-6-16-12/h2-7H,1H3,(H,16,17,18). The molecule has 1 aromatic carbocycles. The Kier molecular flexibility index (Phi) is 4.39. The number of ether oxygens (including phenoxy) is 1. The predicted molar refractivity (Wildman–Crippen MR) is 77.9 cm³/mol. The smallest absolute Gasteiger partial charge is 0.260 e. The number of rotatable bonds is 3. The maximum Gasteiger partial charge on any atom is 0.260 e. The van der Waals surface area contributed by atoms with E-state index in [2.05, 4.69) is 26.2 Å². The number of anilines is 1. The van der Waals surface area contributed by atoms with E-state index < -0.39 is 0 Å². The van der Waals surface area contributed by atoms with E-state index in [0.29, 0.717) is 26.6 Å². The van der Waals surface area contributed by atoms with Gasteiger partial charge in [0.15, 0.2) is 0 Å². The summed E-state index contributed by atoms with van der Waals surface area (Å²) >= 11 is 9.20. The molecule has 0 unspecified atom stereocenters. The first-order valence-electron chi connectivity index (χ1n) is 5.37. The van der Waals surface area contributed by atoms with Gasteiger partial charge in [-0.15, -0.1) is 0 Å². The number of methoxy groups -OCH3 is 1. The highest BCUT2D eigenvalue weighted by Crippen LogP contribution is 2.25. The highest BCUT2D eigenvalue weighted by Gasteiger charge is 2.14. The highest BCUT2D eigenvalue weighted by atomic mass is 79.9. The second-order valence-corrected chi connectivity index (χ2v) is 4.92. The van der Waals surface area contributed by atoms with Gasteiger partial charge in [0, 0.05) is 11.2 Å². The van der Waals surface area contributed by atoms with Gasteiger partial charge in [-0.1, -0.05) is 11.6 Å². The van der Waals surface area contributed by atoms with E-state index in [4.69, 9.17) is 16.3 Å². The molecule has 0 bridgehead atoms. The number of aromatic nitrogens is 1. The molecule has 0 spiro atoms. The Bertz CT molecular complexity index is 619. The van der Waals surface area contributed by atoms with Crippen molar-refractivity contribution in [1.82, 2.24) is 4.98 Å². The van der Waals surface area contributed by atoms with Crippen molar-refractivity contribution in [1.29, 1.82) is 0 Å². The number of nitrogens with zero attached hydrogens (tertiary/aromatic N) is 1. The van der Waals surface area contributed by atoms with Crippen LogP contribution in [0.5, 0.6) is 5.75 Å². The first-order valence-corrected chi connectivity index (χ1v) is 6.54. The number of hydrogen-bond acceptors (Lipinski definition) is 3. The third-order valence-corrected chi connectivity index (χ3v) is 3.27. The first kappa shape index (κ1) is 13.8. The fourth-order valence-electron chi connectivity index (χ4n) is 1.51. The summed E-state index contributed by atoms with van der Waals surface area (Å²) in [5.41, 5.74) is 0.354. The molecule has 0 aliphatic rings. The lowest BCUT2D eigenvalue weighted by molar-refractivity contribution is 0.102. The van der Waals surface area contributed by atoms with Crippen LogP contribution >= 0.6 is 27.5 Å². The summed E-state index contributed by atoms with van der Waals surface area (Å²) in [6.07, 6.45) is 1.59. The van der Waals surface area contributed by atoms with Crippen molar-refractivity contribution in [2.75, 3.05) is 12.4 Å². The van der Waals surface area contributed by atoms with E-state index >= 15 is 0 Å². The third kappa shape index (κ3) is 3.24. The van der Waals surface area contributed by atoms with Gasteiger partial charge in [0.05, 0.1) is 17.1 Å². The van der Waals surface area contributed by atoms with E-state index in [-0.39, 0.29) is 5.91 Å². The number of nitrogens with one attached hydrogen (secondary N) is 1. The van der Waals surface area contributed by atoms with Gasteiger partial charge in [0.2, 0.25) is 0 Å². The van der Waals surface area contributed by atoms with Crippen LogP contribution in [0.4, 0.5) is 5.82 Å². The number of carbonyl (C=O) groups excluding carboxylic acids is 1. The Morgan fingerprint density at radius 2 is 2.21 bits per heavy atom. The normalized spacial score (nSPS) is 10.1. The number of carbonyl (C=O) groups is 1. The summed E-state index contributed by atoms with van der Waals surface area (Å²) in [5, 5.41) is 3.16. The Balaban J connectivity index is 2.30. The van der Waals surface area contributed by atoms with Crippen LogP contribution in [0, 0.1) is 0 Å². The quantitative estimate of drug-likeness (QED) is 0.925. The molecule has 2 aromatic rings. The molecule has 2 rings (SSSR count). The van der Waals surface area contributed by atoms with E-state index in [1.54, 1.807) is 36.5 Å². The lowest BCUT2D eigenvalue weighted by Crippen LogP contribution is -2.14. The van der Waals surface area contributed by atoms with Crippen LogP contribution in [0.25, 0.3) is 0 Å². The van der Waals surface area contributed by atoms with Gasteiger partial charge in [-0.3, -0.25) is 4.79 Å². The average Bonchev–Trinajstić information content (AvgIpc) is 2.41. The largest absolute Gasteiger partial charge is 0.496 e. The van der Waals surface area contributed by atoms with Gasteiger partial charge in [-0.05, 0) is 46.3 Å². The minimum absolute atomic E-state index is 0.334. The van der Waals surface area contributed by atoms with Crippen LogP contribution in [0.2, 0.25) is 5.02 Å². The molecule has 6 heteroatoms. The van der Waals surface area contributed by atoms with E-state index in [1.807, 2.05) is 0 Å². The van der Waals surface area contributed by atoms with Crippen molar-refractivity contribution in [2.45, 2.75) is 0 Å². The molecule has 0 atom stereocenters. The van der Waals surface area contributed by atoms with Crippen LogP contribution in [-0.2, 0) is 0 Å². The minimum atomic E-state index is -0.334. The molecular formula is C13H10BrClN2O2. The molecule has 0 saturated heterocycles. The maximum atomic E-state index is 12.2. The zero-order valence-corrected chi connectivity index (χ0v) is 12.3. The van der Waals surface area contributed by atoms with Crippen molar-refractivity contribution in [2.24, 2.45) is 0 Å². The fraction of sp³-hybridized carbons (Fsp3) is 0.0769. The van der Waals surface area contributed by atoms with E-state index in [1.165, 1.54) is 7.11 Å². The number of hydrogen-bond donors (Lipinski definition) is 1. The van der Waals surface area contributed by atoms with Crippen molar-refractivity contribution in [3.8, 4) is 5.75 Å². The van der Waals surface area contributed by atoms with Gasteiger partial charge in [0.1, 0.15) is 11.6 Å². The van der Waals surface area contributed by atoms with Crippen molar-refractivity contribution in [3.05, 3.63) is 51.6 Å². The molecule has 0 radical (unpaired) electrons. The second-order valence-electron chi connectivity index (χ2n) is 3.63. The second kappa shape index (κ2) is 6.04. The van der Waals surface area contributed by atoms with E-state index in [0.717, 1.165) is 0 Å². The zero-order valence-electron chi connectivity index (χ0n) is 9.98. The molecule has 0 aliphatic heterocycles. The van der Waals surface area contributed by atoms with Crippen LogP contribution < -0.4 is 10.1 Å². The topological polar surface area (TPSA) is 51.2 Å². The number of pyridine rings is 1. The van der Waals surface area contributed by atoms with Crippen LogP contribution in [-0.4, -0.2) is 18.0 Å². The van der Waals surface area contributed by atoms with Gasteiger partial charge >= 0.3 is 0 Å². The Labute approximate surface area is 123 Å². The minimum Gasteiger partial charge on any atom is -0.496 e. The fourth-order valence-corrected chi connectivity index (χ4v) is 2.04. The molecule has 0 fully saturated rings. The number of halogens is 2. The zero-order chi connectivity index (χ0) is 13.8. The first-order chi connectivity index (χ1) is 9.11. The summed E-state index contributed by atoms with van der Waals surface area (Å²) in [4.78, 5) is 16.3. The molecule has 19 heavy (non-hydrogen) atoms. The third-order valence-electron chi connectivity index (χ3n) is 2.40. The molecule has 0 aliphatic carbocycles. The highest BCUT2D eigenvalue weighted by molar-refractivity contribution is 9.10. The molecule has 0 saturated carbocycles. The monoisotopic (exact) mass is 340 g/mol. The Morgan fingerprint density at radius 1 is 1.42 bits per heavy atom. The van der Waals surface area contributed by atoms with Crippen LogP contribution in [0.1, 0.15) is 10.4 Å². The summed E-state index contributed by atoms with van der Waals surface area (Å²) in [7, 11) is 1.50. The number of benzene rings is 1. The Hall–Kier alpha value is -1.59. The predicted octanol–water partition coefficient (Wildman–Crippen LogP) is 3.76.